The fourth-order valence-corrected chi connectivity index (χ4v) is 5.96. The molecule has 1 unspecified atom stereocenters. The van der Waals surface area contributed by atoms with E-state index < -0.39 is 12.6 Å². The Morgan fingerprint density at radius 1 is 0.878 bits per heavy atom. The lowest BCUT2D eigenvalue weighted by Crippen LogP contribution is -2.39. The highest BCUT2D eigenvalue weighted by atomic mass is 16.5. The Hall–Kier alpha value is -3.14. The average molecular weight is 684 g/mol. The minimum absolute atomic E-state index is 0.225. The molecule has 9 heteroatoms. The monoisotopic (exact) mass is 683 g/mol. The van der Waals surface area contributed by atoms with E-state index in [0.29, 0.717) is 12.5 Å². The molecule has 9 nitrogen and oxygen atoms in total. The Morgan fingerprint density at radius 2 is 1.43 bits per heavy atom. The van der Waals surface area contributed by atoms with E-state index in [2.05, 4.69) is 103 Å². The predicted octanol–water partition coefficient (Wildman–Crippen LogP) is 5.49. The van der Waals surface area contributed by atoms with Crippen molar-refractivity contribution in [2.45, 2.75) is 85.0 Å². The molecule has 1 aliphatic rings. The summed E-state index contributed by atoms with van der Waals surface area (Å²) in [5.41, 5.74) is 5.24. The van der Waals surface area contributed by atoms with E-state index in [1.54, 1.807) is 0 Å². The number of carbonyl (C=O) groups excluding carboxylic acids is 2. The number of hydrogen-bond donors (Lipinski definition) is 1. The zero-order valence-electron chi connectivity index (χ0n) is 31.8. The first-order valence-corrected chi connectivity index (χ1v) is 18.3. The molecule has 276 valence electrons. The number of amides is 1. The second-order valence-electron chi connectivity index (χ2n) is 14.7. The van der Waals surface area contributed by atoms with Gasteiger partial charge in [-0.1, -0.05) is 38.8 Å². The molecule has 2 aromatic carbocycles. The number of carboxylic acid groups (broad SMARTS) is 1. The van der Waals surface area contributed by atoms with Crippen molar-refractivity contribution in [3.05, 3.63) is 58.7 Å². The number of piperidine rings is 1. The Balaban J connectivity index is 0.00000155. The van der Waals surface area contributed by atoms with E-state index in [-0.39, 0.29) is 18.4 Å². The van der Waals surface area contributed by atoms with Crippen molar-refractivity contribution >= 4 is 11.9 Å². The lowest BCUT2D eigenvalue weighted by molar-refractivity contribution is -0.849. The molecule has 1 saturated heterocycles. The van der Waals surface area contributed by atoms with Gasteiger partial charge < -0.3 is 38.8 Å². The van der Waals surface area contributed by atoms with Gasteiger partial charge in [0.1, 0.15) is 18.1 Å². The summed E-state index contributed by atoms with van der Waals surface area (Å²) < 4.78 is 18.2. The van der Waals surface area contributed by atoms with Crippen LogP contribution in [0.1, 0.15) is 93.4 Å². The average Bonchev–Trinajstić information content (AvgIpc) is 3.03. The molecule has 3 rings (SSSR count). The van der Waals surface area contributed by atoms with Crippen molar-refractivity contribution in [2.24, 2.45) is 5.92 Å². The van der Waals surface area contributed by atoms with Crippen LogP contribution in [0.15, 0.2) is 36.4 Å². The molecule has 0 spiro atoms. The molecule has 1 amide bonds. The third-order valence-electron chi connectivity index (χ3n) is 8.39. The molecule has 1 fully saturated rings. The number of ether oxygens (including phenoxy) is 3. The Labute approximate surface area is 296 Å². The van der Waals surface area contributed by atoms with Crippen LogP contribution in [0.2, 0.25) is 0 Å². The second-order valence-corrected chi connectivity index (χ2v) is 14.7. The SMILES string of the molecule is CCCCOc1ccc(C)c(C(c2cc(OCCCC)ccc2C)C2CCCN(CCCCNC(=O)COCC(=O)[O-])C2)c1.C[N+](C)(C)C. The Kier molecular flexibility index (Phi) is 19.3. The molecular weight excluding hydrogens is 618 g/mol. The first kappa shape index (κ1) is 42.0. The molecular formula is C40H65N3O6. The number of likely N-dealkylation sites (tertiary alicyclic amines) is 1. The first-order chi connectivity index (χ1) is 23.3. The van der Waals surface area contributed by atoms with Crippen LogP contribution < -0.4 is 19.9 Å². The summed E-state index contributed by atoms with van der Waals surface area (Å²) in [5.74, 6) is 0.917. The lowest BCUT2D eigenvalue weighted by atomic mass is 9.74. The zero-order chi connectivity index (χ0) is 36.2. The normalized spacial score (nSPS) is 15.0. The van der Waals surface area contributed by atoms with Crippen molar-refractivity contribution < 1.29 is 33.4 Å². The highest BCUT2D eigenvalue weighted by Gasteiger charge is 2.32. The number of aliphatic carboxylic acids is 1. The van der Waals surface area contributed by atoms with E-state index in [4.69, 9.17) is 14.2 Å². The van der Waals surface area contributed by atoms with Gasteiger partial charge >= 0.3 is 0 Å². The number of hydrogen-bond acceptors (Lipinski definition) is 7. The summed E-state index contributed by atoms with van der Waals surface area (Å²) in [6, 6.07) is 13.2. The molecule has 0 aromatic heterocycles. The van der Waals surface area contributed by atoms with Gasteiger partial charge in [0.05, 0.1) is 54.0 Å². The first-order valence-electron chi connectivity index (χ1n) is 18.3. The number of rotatable bonds is 20. The summed E-state index contributed by atoms with van der Waals surface area (Å²) in [6.07, 6.45) is 8.42. The fourth-order valence-electron chi connectivity index (χ4n) is 5.96. The number of benzene rings is 2. The molecule has 0 bridgehead atoms. The number of aryl methyl sites for hydroxylation is 2. The fraction of sp³-hybridized carbons (Fsp3) is 0.650. The topological polar surface area (TPSA) is 100 Å². The van der Waals surface area contributed by atoms with Gasteiger partial charge in [0.15, 0.2) is 0 Å². The minimum Gasteiger partial charge on any atom is -0.548 e. The van der Waals surface area contributed by atoms with E-state index in [1.165, 1.54) is 22.3 Å². The Morgan fingerprint density at radius 3 is 1.94 bits per heavy atom. The molecule has 2 aromatic rings. The van der Waals surface area contributed by atoms with Crippen LogP contribution in [-0.4, -0.2) is 102 Å². The molecule has 0 aliphatic carbocycles. The number of nitrogens with one attached hydrogen (secondary N) is 1. The van der Waals surface area contributed by atoms with E-state index >= 15 is 0 Å². The molecule has 1 atom stereocenters. The molecule has 1 heterocycles. The number of carbonyl (C=O) groups is 2. The van der Waals surface area contributed by atoms with Crippen molar-refractivity contribution in [1.29, 1.82) is 0 Å². The van der Waals surface area contributed by atoms with Crippen LogP contribution >= 0.6 is 0 Å². The summed E-state index contributed by atoms with van der Waals surface area (Å²) >= 11 is 0. The van der Waals surface area contributed by atoms with Crippen molar-refractivity contribution in [3.8, 4) is 11.5 Å². The van der Waals surface area contributed by atoms with Crippen LogP contribution in [0.4, 0.5) is 0 Å². The third kappa shape index (κ3) is 17.4. The summed E-state index contributed by atoms with van der Waals surface area (Å²) in [6.45, 7) is 13.0. The lowest BCUT2D eigenvalue weighted by Gasteiger charge is -2.38. The van der Waals surface area contributed by atoms with Crippen molar-refractivity contribution in [3.63, 3.8) is 0 Å². The summed E-state index contributed by atoms with van der Waals surface area (Å²) in [4.78, 5) is 24.9. The van der Waals surface area contributed by atoms with Gasteiger partial charge in [-0.2, -0.15) is 0 Å². The van der Waals surface area contributed by atoms with Crippen molar-refractivity contribution in [2.75, 3.05) is 80.8 Å². The summed E-state index contributed by atoms with van der Waals surface area (Å²) in [7, 11) is 8.50. The maximum atomic E-state index is 11.8. The van der Waals surface area contributed by atoms with Crippen molar-refractivity contribution in [1.82, 2.24) is 10.2 Å². The standard InChI is InChI=1S/C36H54N2O6.C4H12N/c1-5-7-20-43-30-15-13-27(3)32(22-30)36(33-23-31(16-14-28(33)4)44-21-8-6-2)29-12-11-19-38(24-29)18-10-9-17-37-34(39)25-42-26-35(40)41;1-5(2,3)4/h13-16,22-23,29,36H,5-12,17-21,24-26H2,1-4H3,(H,37,39)(H,40,41);1-4H3/q;+1/p-1. The van der Waals surface area contributed by atoms with E-state index in [1.807, 2.05) is 0 Å². The van der Waals surface area contributed by atoms with Gasteiger partial charge in [0.2, 0.25) is 5.91 Å². The van der Waals surface area contributed by atoms with Crippen LogP contribution in [0, 0.1) is 19.8 Å². The van der Waals surface area contributed by atoms with Crippen LogP contribution in [0.25, 0.3) is 0 Å². The van der Waals surface area contributed by atoms with Crippen LogP contribution in [0.3, 0.4) is 0 Å². The van der Waals surface area contributed by atoms with Crippen LogP contribution in [-0.2, 0) is 14.3 Å². The summed E-state index contributed by atoms with van der Waals surface area (Å²) in [5, 5.41) is 13.2. The number of nitrogens with zero attached hydrogens (tertiary/aromatic N) is 2. The smallest absolute Gasteiger partial charge is 0.246 e. The molecule has 49 heavy (non-hydrogen) atoms. The maximum Gasteiger partial charge on any atom is 0.246 e. The largest absolute Gasteiger partial charge is 0.548 e. The second kappa shape index (κ2) is 22.6. The molecule has 0 saturated carbocycles. The quantitative estimate of drug-likeness (QED) is 0.146. The van der Waals surface area contributed by atoms with Crippen LogP contribution in [0.5, 0.6) is 11.5 Å². The molecule has 1 aliphatic heterocycles. The molecule has 0 radical (unpaired) electrons. The number of carboxylic acids is 1. The maximum absolute atomic E-state index is 11.8. The third-order valence-corrected chi connectivity index (χ3v) is 8.39. The van der Waals surface area contributed by atoms with Gasteiger partial charge in [-0.3, -0.25) is 4.79 Å². The molecule has 1 N–H and O–H groups in total. The highest BCUT2D eigenvalue weighted by molar-refractivity contribution is 5.77. The van der Waals surface area contributed by atoms with E-state index in [0.717, 1.165) is 100 Å². The van der Waals surface area contributed by atoms with Gasteiger partial charge in [-0.25, -0.2) is 0 Å². The highest BCUT2D eigenvalue weighted by Crippen LogP contribution is 2.42. The minimum atomic E-state index is -1.33. The van der Waals surface area contributed by atoms with Gasteiger partial charge in [0.25, 0.3) is 0 Å². The van der Waals surface area contributed by atoms with Gasteiger partial charge in [-0.15, -0.1) is 0 Å². The zero-order valence-corrected chi connectivity index (χ0v) is 31.8. The number of unbranched alkanes of at least 4 members (excludes halogenated alkanes) is 3. The Bertz CT molecular complexity index is 1200. The van der Waals surface area contributed by atoms with E-state index in [9.17, 15) is 14.7 Å². The van der Waals surface area contributed by atoms with Gasteiger partial charge in [-0.05, 0) is 118 Å². The van der Waals surface area contributed by atoms with Gasteiger partial charge in [0, 0.05) is 19.0 Å². The predicted molar refractivity (Wildman–Crippen MR) is 196 cm³/mol. The number of quaternary nitrogens is 1.